The van der Waals surface area contributed by atoms with Crippen molar-refractivity contribution < 1.29 is 4.79 Å². The maximum absolute atomic E-state index is 14.1. The second kappa shape index (κ2) is 9.14. The number of H-pyrrole nitrogens is 1. The van der Waals surface area contributed by atoms with E-state index in [0.717, 1.165) is 64.4 Å². The highest BCUT2D eigenvalue weighted by Gasteiger charge is 2.41. The predicted molar refractivity (Wildman–Crippen MR) is 161 cm³/mol. The molecule has 0 atom stereocenters. The van der Waals surface area contributed by atoms with Gasteiger partial charge in [0.1, 0.15) is 8.07 Å². The van der Waals surface area contributed by atoms with Crippen LogP contribution in [0.25, 0.3) is 10.9 Å². The van der Waals surface area contributed by atoms with Crippen LogP contribution in [0.2, 0.25) is 19.6 Å². The van der Waals surface area contributed by atoms with Crippen molar-refractivity contribution >= 4 is 30.4 Å². The maximum Gasteiger partial charge on any atom is 0.195 e. The van der Waals surface area contributed by atoms with Crippen molar-refractivity contribution in [3.8, 4) is 11.5 Å². The number of nitrogens with one attached hydrogen (secondary N) is 1. The Balaban J connectivity index is 1.39. The molecule has 0 unspecified atom stereocenters. The Bertz CT molecular complexity index is 1480. The van der Waals surface area contributed by atoms with Crippen molar-refractivity contribution in [1.82, 2.24) is 9.88 Å². The van der Waals surface area contributed by atoms with Crippen LogP contribution < -0.4 is 4.90 Å². The van der Waals surface area contributed by atoms with E-state index in [-0.39, 0.29) is 11.2 Å². The predicted octanol–water partition coefficient (Wildman–Crippen LogP) is 6.50. The number of aryl methyl sites for hydroxylation is 1. The third-order valence-electron chi connectivity index (χ3n) is 8.96. The molecule has 3 heterocycles. The summed E-state index contributed by atoms with van der Waals surface area (Å²) >= 11 is 0. The second-order valence-corrected chi connectivity index (χ2v) is 17.8. The van der Waals surface area contributed by atoms with Crippen LogP contribution in [-0.2, 0) is 11.8 Å². The zero-order chi connectivity index (χ0) is 26.8. The molecule has 198 valence electrons. The van der Waals surface area contributed by atoms with Crippen LogP contribution in [0.4, 0.5) is 5.69 Å². The first-order valence-electron chi connectivity index (χ1n) is 14.5. The van der Waals surface area contributed by atoms with Gasteiger partial charge in [-0.2, -0.15) is 0 Å². The summed E-state index contributed by atoms with van der Waals surface area (Å²) in [4.78, 5) is 23.0. The minimum absolute atomic E-state index is 0.152. The number of ketones is 1. The molecule has 6 rings (SSSR count). The van der Waals surface area contributed by atoms with Gasteiger partial charge in [0.2, 0.25) is 0 Å². The van der Waals surface area contributed by atoms with Gasteiger partial charge in [-0.15, -0.1) is 5.54 Å². The molecule has 0 saturated carbocycles. The number of carbonyl (C=O) groups is 1. The summed E-state index contributed by atoms with van der Waals surface area (Å²) in [7, 11) is -1.46. The molecule has 2 saturated heterocycles. The Kier molecular flexibility index (Phi) is 6.12. The topological polar surface area (TPSA) is 39.3 Å². The normalized spacial score (nSPS) is 19.5. The maximum atomic E-state index is 14.1. The molecule has 38 heavy (non-hydrogen) atoms. The van der Waals surface area contributed by atoms with Crippen LogP contribution in [0.1, 0.15) is 78.3 Å². The summed E-state index contributed by atoms with van der Waals surface area (Å²) in [6.07, 6.45) is 4.76. The van der Waals surface area contributed by atoms with E-state index < -0.39 is 8.07 Å². The van der Waals surface area contributed by atoms with Gasteiger partial charge in [-0.3, -0.25) is 4.79 Å². The van der Waals surface area contributed by atoms with Crippen LogP contribution in [0.15, 0.2) is 30.3 Å². The lowest BCUT2D eigenvalue weighted by Crippen LogP contribution is -2.50. The van der Waals surface area contributed by atoms with Crippen molar-refractivity contribution in [1.29, 1.82) is 0 Å². The fraction of sp³-hybridized carbons (Fsp3) is 0.485. The number of anilines is 1. The third kappa shape index (κ3) is 4.23. The van der Waals surface area contributed by atoms with Gasteiger partial charge in [0.05, 0.1) is 5.56 Å². The molecule has 0 amide bonds. The van der Waals surface area contributed by atoms with Gasteiger partial charge in [-0.05, 0) is 74.2 Å². The van der Waals surface area contributed by atoms with Gasteiger partial charge in [0.15, 0.2) is 5.78 Å². The molecule has 3 aliphatic rings. The van der Waals surface area contributed by atoms with Crippen molar-refractivity contribution in [3.05, 3.63) is 63.8 Å². The lowest BCUT2D eigenvalue weighted by molar-refractivity contribution is 0.100. The number of hydrogen-bond donors (Lipinski definition) is 1. The molecule has 2 aromatic carbocycles. The van der Waals surface area contributed by atoms with Crippen LogP contribution in [0.3, 0.4) is 0 Å². The zero-order valence-electron chi connectivity index (χ0n) is 23.9. The number of hydrogen-bond acceptors (Lipinski definition) is 3. The summed E-state index contributed by atoms with van der Waals surface area (Å²) in [5, 5.41) is 1.01. The Morgan fingerprint density at radius 3 is 2.42 bits per heavy atom. The van der Waals surface area contributed by atoms with E-state index >= 15 is 0 Å². The molecule has 4 nitrogen and oxygen atoms in total. The number of aromatic amines is 1. The number of likely N-dealkylation sites (tertiary alicyclic amines) is 1. The smallest absolute Gasteiger partial charge is 0.195 e. The Hall–Kier alpha value is -2.81. The van der Waals surface area contributed by atoms with Crippen LogP contribution in [0.5, 0.6) is 0 Å². The molecule has 0 radical (unpaired) electrons. The van der Waals surface area contributed by atoms with Crippen molar-refractivity contribution in [3.63, 3.8) is 0 Å². The van der Waals surface area contributed by atoms with E-state index in [1.165, 1.54) is 43.6 Å². The number of piperidine rings is 1. The lowest BCUT2D eigenvalue weighted by Gasteiger charge is -2.44. The summed E-state index contributed by atoms with van der Waals surface area (Å²) in [6.45, 7) is 18.3. The first kappa shape index (κ1) is 25.5. The summed E-state index contributed by atoms with van der Waals surface area (Å²) < 4.78 is 0. The van der Waals surface area contributed by atoms with Gasteiger partial charge >= 0.3 is 0 Å². The van der Waals surface area contributed by atoms with Crippen molar-refractivity contribution in [2.45, 2.75) is 77.6 Å². The number of benzene rings is 2. The lowest BCUT2D eigenvalue weighted by atomic mass is 9.70. The molecule has 2 aliphatic heterocycles. The second-order valence-electron chi connectivity index (χ2n) is 13.1. The van der Waals surface area contributed by atoms with Gasteiger partial charge in [-0.25, -0.2) is 0 Å². The molecule has 1 aromatic heterocycles. The van der Waals surface area contributed by atoms with Gasteiger partial charge in [0, 0.05) is 58.0 Å². The Morgan fingerprint density at radius 2 is 1.79 bits per heavy atom. The summed E-state index contributed by atoms with van der Waals surface area (Å²) in [5.74, 6) is 3.53. The SMILES string of the molecule is CCc1cc2c(cc1N1CCC(N3CCC3)CC1)C(C)(C)c1[nH]c3cc(C#C[Si](C)(C)C)ccc3c1C2=O. The van der Waals surface area contributed by atoms with E-state index in [1.807, 2.05) is 0 Å². The fourth-order valence-corrected chi connectivity index (χ4v) is 7.12. The average Bonchev–Trinajstić information content (AvgIpc) is 3.25. The Morgan fingerprint density at radius 1 is 1.05 bits per heavy atom. The molecular weight excluding hydrogens is 482 g/mol. The van der Waals surface area contributed by atoms with Crippen molar-refractivity contribution in [2.75, 3.05) is 31.1 Å². The Labute approximate surface area is 228 Å². The minimum Gasteiger partial charge on any atom is -0.371 e. The number of carbonyl (C=O) groups excluding carboxylic acids is 1. The summed E-state index contributed by atoms with van der Waals surface area (Å²) in [6, 6.07) is 11.6. The largest absolute Gasteiger partial charge is 0.371 e. The molecule has 0 spiro atoms. The molecule has 1 N–H and O–H groups in total. The highest BCUT2D eigenvalue weighted by atomic mass is 28.3. The molecule has 2 fully saturated rings. The minimum atomic E-state index is -1.46. The fourth-order valence-electron chi connectivity index (χ4n) is 6.60. The highest BCUT2D eigenvalue weighted by molar-refractivity contribution is 6.83. The number of aromatic nitrogens is 1. The number of fused-ring (bicyclic) bond motifs is 4. The highest BCUT2D eigenvalue weighted by Crippen LogP contribution is 2.46. The number of rotatable bonds is 3. The number of nitrogens with zero attached hydrogens (tertiary/aromatic N) is 2. The standard InChI is InChI=1S/C33H41N3OSi/c1-7-23-20-26-27(21-29(23)36-16-11-24(12-17-36)35-14-8-15-35)33(2,3)32-30(31(26)37)25-10-9-22(19-28(25)34-32)13-18-38(4,5)6/h9-10,19-21,24,34H,7-8,11-12,14-17H2,1-6H3. The van der Waals surface area contributed by atoms with E-state index in [4.69, 9.17) is 0 Å². The van der Waals surface area contributed by atoms with Crippen molar-refractivity contribution in [2.24, 2.45) is 0 Å². The van der Waals surface area contributed by atoms with Crippen LogP contribution in [0, 0.1) is 11.5 Å². The molecule has 1 aliphatic carbocycles. The van der Waals surface area contributed by atoms with E-state index in [1.54, 1.807) is 0 Å². The van der Waals surface area contributed by atoms with Gasteiger partial charge in [-0.1, -0.05) is 52.4 Å². The molecule has 3 aromatic rings. The zero-order valence-corrected chi connectivity index (χ0v) is 24.9. The van der Waals surface area contributed by atoms with Gasteiger partial charge in [0.25, 0.3) is 0 Å². The molecule has 0 bridgehead atoms. The molecule has 5 heteroatoms. The first-order chi connectivity index (χ1) is 18.1. The molecular formula is C33H41N3OSi. The van der Waals surface area contributed by atoms with E-state index in [0.29, 0.717) is 0 Å². The summed E-state index contributed by atoms with van der Waals surface area (Å²) in [5.41, 5.74) is 11.7. The van der Waals surface area contributed by atoms with Crippen LogP contribution in [-0.4, -0.2) is 56.0 Å². The van der Waals surface area contributed by atoms with Crippen LogP contribution >= 0.6 is 0 Å². The van der Waals surface area contributed by atoms with E-state index in [9.17, 15) is 4.79 Å². The quantitative estimate of drug-likeness (QED) is 0.314. The third-order valence-corrected chi connectivity index (χ3v) is 9.84. The van der Waals surface area contributed by atoms with Gasteiger partial charge < -0.3 is 14.8 Å². The first-order valence-corrected chi connectivity index (χ1v) is 18.0. The van der Waals surface area contributed by atoms with E-state index in [2.05, 4.69) is 97.0 Å². The monoisotopic (exact) mass is 523 g/mol. The average molecular weight is 524 g/mol.